The van der Waals surface area contributed by atoms with E-state index in [0.717, 1.165) is 52.8 Å². The Morgan fingerprint density at radius 3 is 2.30 bits per heavy atom. The Bertz CT molecular complexity index is 1310. The lowest BCUT2D eigenvalue weighted by Gasteiger charge is -2.22. The van der Waals surface area contributed by atoms with Gasteiger partial charge in [0.05, 0.1) is 30.5 Å². The monoisotopic (exact) mass is 439 g/mol. The minimum atomic E-state index is -0.0707. The Morgan fingerprint density at radius 2 is 1.61 bits per heavy atom. The lowest BCUT2D eigenvalue weighted by atomic mass is 10.1. The number of para-hydroxylation sites is 4. The van der Waals surface area contributed by atoms with Crippen LogP contribution in [0.15, 0.2) is 72.8 Å². The number of nitrogens with one attached hydrogen (secondary N) is 1. The van der Waals surface area contributed by atoms with Crippen molar-refractivity contribution in [2.24, 2.45) is 0 Å². The largest absolute Gasteiger partial charge is 0.495 e. The van der Waals surface area contributed by atoms with Gasteiger partial charge < -0.3 is 19.9 Å². The highest BCUT2D eigenvalue weighted by molar-refractivity contribution is 5.88. The van der Waals surface area contributed by atoms with Gasteiger partial charge in [0, 0.05) is 19.2 Å². The van der Waals surface area contributed by atoms with Crippen LogP contribution in [0.4, 0.5) is 23.0 Å². The molecule has 1 aliphatic heterocycles. The third kappa shape index (κ3) is 4.17. The number of aromatic nitrogens is 2. The van der Waals surface area contributed by atoms with Gasteiger partial charge in [-0.1, -0.05) is 36.4 Å². The molecule has 0 fully saturated rings. The third-order valence-corrected chi connectivity index (χ3v) is 5.72. The van der Waals surface area contributed by atoms with Crippen LogP contribution >= 0.6 is 0 Å². The Kier molecular flexibility index (Phi) is 5.52. The average Bonchev–Trinajstić information content (AvgIpc) is 3.19. The van der Waals surface area contributed by atoms with Gasteiger partial charge in [-0.15, -0.1) is 0 Å². The molecule has 0 radical (unpaired) electrons. The fourth-order valence-electron chi connectivity index (χ4n) is 4.12. The van der Waals surface area contributed by atoms with Crippen LogP contribution in [-0.4, -0.2) is 36.2 Å². The quantitative estimate of drug-likeness (QED) is 0.467. The molecule has 1 amide bonds. The third-order valence-electron chi connectivity index (χ3n) is 5.72. The lowest BCUT2D eigenvalue weighted by Crippen LogP contribution is -2.30. The number of fused-ring (bicyclic) bond motifs is 2. The molecule has 0 atom stereocenters. The lowest BCUT2D eigenvalue weighted by molar-refractivity contribution is -0.114. The molecule has 0 unspecified atom stereocenters. The molecule has 3 aromatic carbocycles. The summed E-state index contributed by atoms with van der Waals surface area (Å²) in [4.78, 5) is 25.6. The van der Waals surface area contributed by atoms with Gasteiger partial charge in [-0.05, 0) is 48.4 Å². The molecule has 33 heavy (non-hydrogen) atoms. The summed E-state index contributed by atoms with van der Waals surface area (Å²) in [5.74, 6) is 2.43. The van der Waals surface area contributed by atoms with Gasteiger partial charge in [0.2, 0.25) is 5.91 Å². The maximum absolute atomic E-state index is 11.3. The Balaban J connectivity index is 1.45. The minimum Gasteiger partial charge on any atom is -0.495 e. The minimum absolute atomic E-state index is 0.0707. The zero-order chi connectivity index (χ0) is 22.8. The Labute approximate surface area is 192 Å². The summed E-state index contributed by atoms with van der Waals surface area (Å²) >= 11 is 0. The first kappa shape index (κ1) is 20.8. The molecule has 0 aliphatic carbocycles. The molecule has 5 rings (SSSR count). The predicted molar refractivity (Wildman–Crippen MR) is 131 cm³/mol. The van der Waals surface area contributed by atoms with E-state index < -0.39 is 0 Å². The highest BCUT2D eigenvalue weighted by atomic mass is 16.5. The summed E-state index contributed by atoms with van der Waals surface area (Å²) in [6, 6.07) is 23.9. The number of nitrogens with zero attached hydrogens (tertiary/aromatic N) is 4. The van der Waals surface area contributed by atoms with Crippen molar-refractivity contribution in [3.05, 3.63) is 78.4 Å². The highest BCUT2D eigenvalue weighted by Crippen LogP contribution is 2.42. The Morgan fingerprint density at radius 1 is 0.939 bits per heavy atom. The van der Waals surface area contributed by atoms with Crippen molar-refractivity contribution in [3.63, 3.8) is 0 Å². The number of rotatable bonds is 6. The van der Waals surface area contributed by atoms with Crippen molar-refractivity contribution < 1.29 is 9.53 Å². The Hall–Kier alpha value is -4.13. The van der Waals surface area contributed by atoms with Crippen molar-refractivity contribution in [3.8, 4) is 5.75 Å². The molecule has 2 heterocycles. The van der Waals surface area contributed by atoms with E-state index in [2.05, 4.69) is 15.1 Å². The molecule has 0 spiro atoms. The molecule has 0 bridgehead atoms. The first-order valence-corrected chi connectivity index (χ1v) is 10.9. The van der Waals surface area contributed by atoms with Crippen molar-refractivity contribution >= 4 is 40.0 Å². The molecule has 1 N–H and O–H groups in total. The SMILES string of the molecule is COc1ccccc1N1CN(CCc2ccc(NC(C)=O)cc2)c2nc3ccccc3nc21. The van der Waals surface area contributed by atoms with Gasteiger partial charge in [0.25, 0.3) is 0 Å². The van der Waals surface area contributed by atoms with Gasteiger partial charge in [0.15, 0.2) is 11.6 Å². The van der Waals surface area contributed by atoms with Crippen molar-refractivity contribution in [1.29, 1.82) is 0 Å². The predicted octanol–water partition coefficient (Wildman–Crippen LogP) is 4.76. The fraction of sp³-hybridized carbons (Fsp3) is 0.192. The number of benzene rings is 3. The van der Waals surface area contributed by atoms with E-state index in [1.807, 2.05) is 72.8 Å². The smallest absolute Gasteiger partial charge is 0.221 e. The van der Waals surface area contributed by atoms with Crippen molar-refractivity contribution in [2.45, 2.75) is 13.3 Å². The maximum Gasteiger partial charge on any atom is 0.221 e. The van der Waals surface area contributed by atoms with Crippen molar-refractivity contribution in [1.82, 2.24) is 9.97 Å². The molecule has 7 nitrogen and oxygen atoms in total. The molecule has 4 aromatic rings. The number of amides is 1. The molecule has 1 aliphatic rings. The van der Waals surface area contributed by atoms with Gasteiger partial charge in [-0.25, -0.2) is 9.97 Å². The fourth-order valence-corrected chi connectivity index (χ4v) is 4.12. The van der Waals surface area contributed by atoms with Crippen molar-refractivity contribution in [2.75, 3.05) is 35.4 Å². The van der Waals surface area contributed by atoms with Crippen LogP contribution in [0.3, 0.4) is 0 Å². The maximum atomic E-state index is 11.3. The second kappa shape index (κ2) is 8.78. The molecule has 0 saturated heterocycles. The van der Waals surface area contributed by atoms with E-state index >= 15 is 0 Å². The van der Waals surface area contributed by atoms with Gasteiger partial charge in [-0.3, -0.25) is 4.79 Å². The summed E-state index contributed by atoms with van der Waals surface area (Å²) in [5.41, 5.74) is 4.70. The number of anilines is 4. The second-order valence-electron chi connectivity index (χ2n) is 7.99. The number of ether oxygens (including phenoxy) is 1. The van der Waals surface area contributed by atoms with Crippen LogP contribution in [0.2, 0.25) is 0 Å². The molecule has 0 saturated carbocycles. The molecule has 166 valence electrons. The van der Waals surface area contributed by atoms with Crippen LogP contribution in [0, 0.1) is 0 Å². The van der Waals surface area contributed by atoms with E-state index in [9.17, 15) is 4.79 Å². The van der Waals surface area contributed by atoms with E-state index in [0.29, 0.717) is 6.67 Å². The number of methoxy groups -OCH3 is 1. The van der Waals surface area contributed by atoms with Crippen LogP contribution in [0.5, 0.6) is 5.75 Å². The van der Waals surface area contributed by atoms with Crippen LogP contribution in [0.25, 0.3) is 11.0 Å². The molecule has 1 aromatic heterocycles. The normalized spacial score (nSPS) is 12.7. The first-order valence-electron chi connectivity index (χ1n) is 10.9. The standard InChI is InChI=1S/C26H25N5O2/c1-18(32)27-20-13-11-19(12-14-20)15-16-30-17-31(23-9-5-6-10-24(23)33-2)26-25(30)28-21-7-3-4-8-22(21)29-26/h3-14H,15-17H2,1-2H3,(H,27,32). The van der Waals surface area contributed by atoms with E-state index in [4.69, 9.17) is 14.7 Å². The van der Waals surface area contributed by atoms with Crippen LogP contribution in [0.1, 0.15) is 12.5 Å². The molecular weight excluding hydrogens is 414 g/mol. The van der Waals surface area contributed by atoms with E-state index in [1.54, 1.807) is 7.11 Å². The zero-order valence-electron chi connectivity index (χ0n) is 18.7. The molecular formula is C26H25N5O2. The molecule has 7 heteroatoms. The second-order valence-corrected chi connectivity index (χ2v) is 7.99. The number of hydrogen-bond donors (Lipinski definition) is 1. The highest BCUT2D eigenvalue weighted by Gasteiger charge is 2.31. The average molecular weight is 440 g/mol. The summed E-state index contributed by atoms with van der Waals surface area (Å²) in [7, 11) is 1.68. The van der Waals surface area contributed by atoms with Crippen LogP contribution in [-0.2, 0) is 11.2 Å². The van der Waals surface area contributed by atoms with Gasteiger partial charge in [-0.2, -0.15) is 0 Å². The number of carbonyl (C=O) groups is 1. The summed E-state index contributed by atoms with van der Waals surface area (Å²) in [6.45, 7) is 2.93. The summed E-state index contributed by atoms with van der Waals surface area (Å²) in [5, 5.41) is 2.81. The van der Waals surface area contributed by atoms with E-state index in [1.165, 1.54) is 12.5 Å². The topological polar surface area (TPSA) is 70.6 Å². The van der Waals surface area contributed by atoms with Crippen LogP contribution < -0.4 is 19.9 Å². The first-order chi connectivity index (χ1) is 16.1. The zero-order valence-corrected chi connectivity index (χ0v) is 18.7. The van der Waals surface area contributed by atoms with E-state index in [-0.39, 0.29) is 5.91 Å². The van der Waals surface area contributed by atoms with Gasteiger partial charge in [0.1, 0.15) is 5.75 Å². The summed E-state index contributed by atoms with van der Waals surface area (Å²) < 4.78 is 5.63. The number of hydrogen-bond acceptors (Lipinski definition) is 6. The summed E-state index contributed by atoms with van der Waals surface area (Å²) in [6.07, 6.45) is 0.841. The number of carbonyl (C=O) groups excluding carboxylic acids is 1. The van der Waals surface area contributed by atoms with Gasteiger partial charge >= 0.3 is 0 Å².